The molecule has 0 aliphatic heterocycles. The molecule has 0 unspecified atom stereocenters. The van der Waals surface area contributed by atoms with E-state index in [0.717, 1.165) is 122 Å². The largest absolute Gasteiger partial charge is 0.305 e. The number of hydrogen-bond acceptors (Lipinski definition) is 5. The average molecular weight is 1330 g/mol. The molecule has 4 aromatic heterocycles. The van der Waals surface area contributed by atoms with Crippen molar-refractivity contribution < 1.29 is 20.1 Å². The molecule has 0 amide bonds. The molecule has 90 heavy (non-hydrogen) atoms. The van der Waals surface area contributed by atoms with Crippen LogP contribution in [0.4, 0.5) is 0 Å². The van der Waals surface area contributed by atoms with E-state index in [1.54, 1.807) is 6.20 Å². The first-order valence-electron chi connectivity index (χ1n) is 30.1. The zero-order chi connectivity index (χ0) is 60.1. The van der Waals surface area contributed by atoms with E-state index in [1.807, 2.05) is 103 Å². The fourth-order valence-corrected chi connectivity index (χ4v) is 12.0. The minimum absolute atomic E-state index is 0. The maximum Gasteiger partial charge on any atom is 0.238 e. The normalized spacial score (nSPS) is 11.2. The van der Waals surface area contributed by atoms with Gasteiger partial charge in [-0.25, -0.2) is 4.98 Å². The van der Waals surface area contributed by atoms with Gasteiger partial charge in [-0.15, -0.1) is 71.3 Å². The van der Waals surface area contributed by atoms with Crippen molar-refractivity contribution in [1.29, 1.82) is 0 Å². The molecule has 0 fully saturated rings. The Kier molecular flexibility index (Phi) is 16.7. The first-order chi connectivity index (χ1) is 43.8. The van der Waals surface area contributed by atoms with E-state index < -0.39 is 0 Å². The first kappa shape index (κ1) is 58.2. The smallest absolute Gasteiger partial charge is 0.238 e. The Balaban J connectivity index is 0.000000381. The van der Waals surface area contributed by atoms with Gasteiger partial charge in [0.15, 0.2) is 11.6 Å². The van der Waals surface area contributed by atoms with E-state index in [0.29, 0.717) is 17.6 Å². The molecule has 4 heterocycles. The predicted octanol–water partition coefficient (Wildman–Crippen LogP) is 21.0. The molecule has 0 saturated carbocycles. The van der Waals surface area contributed by atoms with Gasteiger partial charge >= 0.3 is 0 Å². The summed E-state index contributed by atoms with van der Waals surface area (Å²) in [5, 5.41) is 2.16. The second-order valence-electron chi connectivity index (χ2n) is 23.0. The number of fused-ring (bicyclic) bond motifs is 3. The Bertz CT molecular complexity index is 4870. The Morgan fingerprint density at radius 3 is 1.24 bits per heavy atom. The van der Waals surface area contributed by atoms with Crippen molar-refractivity contribution in [3.8, 4) is 118 Å². The third-order valence-corrected chi connectivity index (χ3v) is 16.3. The third kappa shape index (κ3) is 11.8. The molecule has 0 atom stereocenters. The summed E-state index contributed by atoms with van der Waals surface area (Å²) in [4.78, 5) is 24.8. The van der Waals surface area contributed by atoms with E-state index in [9.17, 15) is 0 Å². The van der Waals surface area contributed by atoms with Crippen molar-refractivity contribution >= 4 is 21.8 Å². The van der Waals surface area contributed by atoms with Crippen LogP contribution in [-0.4, -0.2) is 29.5 Å². The Hall–Kier alpha value is -10.8. The van der Waals surface area contributed by atoms with Gasteiger partial charge in [0.25, 0.3) is 0 Å². The molecule has 15 aromatic rings. The van der Waals surface area contributed by atoms with Gasteiger partial charge in [0, 0.05) is 54.4 Å². The average Bonchev–Trinajstić information content (AvgIpc) is 0.973. The summed E-state index contributed by atoms with van der Waals surface area (Å²) in [7, 11) is 0. The van der Waals surface area contributed by atoms with Gasteiger partial charge in [-0.05, 0) is 114 Å². The maximum atomic E-state index is 5.25. The SMILES string of the molecule is CC(C)(C)c1c[c-]c(-c2ccccn2)cc1.[Ir].[c-]1ccccc1-c1cc(-c2c(-c3ccccc3)c(-c3ccccc3)c(-c3ccccc3)c(-c3ccccc3)c2-c2ccc3c(c2)c2ccccc2n3-c2nc(-c3ccccc3)nc(-c3ccccc3)n2)ccn1. The zero-order valence-electron chi connectivity index (χ0n) is 50.0. The molecule has 0 saturated heterocycles. The van der Waals surface area contributed by atoms with Crippen LogP contribution in [0.3, 0.4) is 0 Å². The van der Waals surface area contributed by atoms with Gasteiger partial charge in [0.1, 0.15) is 0 Å². The van der Waals surface area contributed by atoms with E-state index in [-0.39, 0.29) is 25.5 Å². The molecule has 11 aromatic carbocycles. The van der Waals surface area contributed by atoms with Crippen molar-refractivity contribution in [1.82, 2.24) is 29.5 Å². The number of nitrogens with zero attached hydrogens (tertiary/aromatic N) is 6. The Morgan fingerprint density at radius 1 is 0.322 bits per heavy atom. The number of para-hydroxylation sites is 1. The third-order valence-electron chi connectivity index (χ3n) is 16.3. The van der Waals surface area contributed by atoms with Gasteiger partial charge in [-0.2, -0.15) is 9.97 Å². The molecular formula is C83H60IrN6-2. The van der Waals surface area contributed by atoms with Gasteiger partial charge < -0.3 is 9.97 Å². The van der Waals surface area contributed by atoms with Crippen LogP contribution in [0.1, 0.15) is 26.3 Å². The second-order valence-corrected chi connectivity index (χ2v) is 23.0. The first-order valence-corrected chi connectivity index (χ1v) is 30.1. The minimum atomic E-state index is 0. The number of pyridine rings is 2. The number of rotatable bonds is 11. The summed E-state index contributed by atoms with van der Waals surface area (Å²) in [6.45, 7) is 6.61. The quantitative estimate of drug-likeness (QED) is 0.121. The van der Waals surface area contributed by atoms with Crippen molar-refractivity contribution in [2.24, 2.45) is 0 Å². The number of hydrogen-bond donors (Lipinski definition) is 0. The van der Waals surface area contributed by atoms with Crippen LogP contribution in [0.15, 0.2) is 310 Å². The summed E-state index contributed by atoms with van der Waals surface area (Å²) < 4.78 is 2.20. The van der Waals surface area contributed by atoms with Crippen LogP contribution < -0.4 is 0 Å². The summed E-state index contributed by atoms with van der Waals surface area (Å²) in [5.74, 6) is 1.76. The maximum absolute atomic E-state index is 5.25. The van der Waals surface area contributed by atoms with Gasteiger partial charge in [-0.1, -0.05) is 245 Å². The van der Waals surface area contributed by atoms with Crippen LogP contribution in [-0.2, 0) is 25.5 Å². The summed E-state index contributed by atoms with van der Waals surface area (Å²) >= 11 is 0. The molecule has 15 rings (SSSR count). The molecule has 0 spiro atoms. The monoisotopic (exact) mass is 1330 g/mol. The van der Waals surface area contributed by atoms with Crippen molar-refractivity contribution in [2.75, 3.05) is 0 Å². The second kappa shape index (κ2) is 25.9. The minimum Gasteiger partial charge on any atom is -0.305 e. The van der Waals surface area contributed by atoms with Crippen LogP contribution in [0.25, 0.3) is 140 Å². The molecule has 433 valence electrons. The molecular weight excluding hydrogens is 1270 g/mol. The molecule has 6 nitrogen and oxygen atoms in total. The van der Waals surface area contributed by atoms with Crippen LogP contribution in [0.5, 0.6) is 0 Å². The molecule has 0 N–H and O–H groups in total. The van der Waals surface area contributed by atoms with Gasteiger partial charge in [0.2, 0.25) is 5.95 Å². The summed E-state index contributed by atoms with van der Waals surface area (Å²) in [6, 6.07) is 111. The van der Waals surface area contributed by atoms with E-state index in [2.05, 4.69) is 243 Å². The number of aromatic nitrogens is 6. The molecule has 0 aliphatic rings. The van der Waals surface area contributed by atoms with Gasteiger partial charge in [-0.3, -0.25) is 4.57 Å². The van der Waals surface area contributed by atoms with Crippen molar-refractivity contribution in [2.45, 2.75) is 26.2 Å². The topological polar surface area (TPSA) is 69.4 Å². The van der Waals surface area contributed by atoms with E-state index in [4.69, 9.17) is 19.9 Å². The van der Waals surface area contributed by atoms with Crippen molar-refractivity contribution in [3.63, 3.8) is 0 Å². The zero-order valence-corrected chi connectivity index (χ0v) is 52.4. The molecule has 0 bridgehead atoms. The van der Waals surface area contributed by atoms with Crippen LogP contribution in [0, 0.1) is 12.1 Å². The van der Waals surface area contributed by atoms with Crippen LogP contribution >= 0.6 is 0 Å². The fraction of sp³-hybridized carbons (Fsp3) is 0.0482. The fourth-order valence-electron chi connectivity index (χ4n) is 12.0. The molecule has 7 heteroatoms. The Morgan fingerprint density at radius 2 is 0.767 bits per heavy atom. The molecule has 0 aliphatic carbocycles. The van der Waals surface area contributed by atoms with Gasteiger partial charge in [0.05, 0.1) is 11.0 Å². The van der Waals surface area contributed by atoms with E-state index in [1.165, 1.54) is 5.56 Å². The molecule has 1 radical (unpaired) electrons. The summed E-state index contributed by atoms with van der Waals surface area (Å²) in [6.07, 6.45) is 3.75. The summed E-state index contributed by atoms with van der Waals surface area (Å²) in [5.41, 5.74) is 22.4. The standard InChI is InChI=1S/C68H44N5.C15H16N.Ir/c1-8-24-46(25-9-1)57-45-54(42-43-69-57)65-63(50-32-16-5-17-33-50)61(48-28-12-3-13-29-48)60(47-26-10-2-11-27-47)62(49-30-14-4-15-31-49)64(65)53-40-41-59-56(44-53)55-38-22-23-39-58(55)73(59)68-71-66(51-34-18-6-19-35-51)70-67(72-68)52-36-20-7-21-37-52;1-15(2,3)13-9-7-12(8-10-13)14-6-4-5-11-16-14;/h1-24,26-45H;4-7,9-11H,1-3H3;/q2*-1;. The van der Waals surface area contributed by atoms with Crippen LogP contribution in [0.2, 0.25) is 0 Å². The van der Waals surface area contributed by atoms with Crippen molar-refractivity contribution in [3.05, 3.63) is 327 Å². The number of benzene rings is 11. The predicted molar refractivity (Wildman–Crippen MR) is 367 cm³/mol. The Labute approximate surface area is 539 Å². The van der Waals surface area contributed by atoms with E-state index >= 15 is 0 Å².